The van der Waals surface area contributed by atoms with Gasteiger partial charge in [-0.3, -0.25) is 0 Å². The number of sulfonamides is 1. The normalized spacial score (nSPS) is 18.5. The Balaban J connectivity index is 1.65. The van der Waals surface area contributed by atoms with Crippen molar-refractivity contribution < 1.29 is 17.5 Å². The minimum atomic E-state index is -3.92. The Kier molecular flexibility index (Phi) is 5.17. The third kappa shape index (κ3) is 3.95. The molecule has 1 N–H and O–H groups in total. The minimum Gasteiger partial charge on any atom is -0.370 e. The van der Waals surface area contributed by atoms with Gasteiger partial charge in [-0.05, 0) is 31.4 Å². The summed E-state index contributed by atoms with van der Waals surface area (Å²) in [6.07, 6.45) is 6.04. The quantitative estimate of drug-likeness (QED) is 0.894. The molecule has 1 aliphatic heterocycles. The van der Waals surface area contributed by atoms with Gasteiger partial charge >= 0.3 is 0 Å². The molecule has 0 amide bonds. The fourth-order valence-corrected chi connectivity index (χ4v) is 3.58. The number of halogens is 1. The van der Waals surface area contributed by atoms with E-state index in [9.17, 15) is 12.8 Å². The first-order valence-corrected chi connectivity index (χ1v) is 9.21. The van der Waals surface area contributed by atoms with Crippen molar-refractivity contribution in [3.63, 3.8) is 0 Å². The number of hydrogen-bond donors (Lipinski definition) is 1. The van der Waals surface area contributed by atoms with Gasteiger partial charge in [-0.1, -0.05) is 12.1 Å². The second-order valence-corrected chi connectivity index (χ2v) is 7.30. The Hall–Kier alpha value is -1.90. The minimum absolute atomic E-state index is 0.0114. The third-order valence-corrected chi connectivity index (χ3v) is 5.22. The highest BCUT2D eigenvalue weighted by Crippen LogP contribution is 2.24. The van der Waals surface area contributed by atoms with Crippen LogP contribution in [-0.2, 0) is 21.3 Å². The van der Waals surface area contributed by atoms with E-state index in [4.69, 9.17) is 4.74 Å². The molecule has 0 unspecified atom stereocenters. The summed E-state index contributed by atoms with van der Waals surface area (Å²) in [6.45, 7) is 0.695. The highest BCUT2D eigenvalue weighted by atomic mass is 32.2. The van der Waals surface area contributed by atoms with Gasteiger partial charge in [0.2, 0.25) is 10.0 Å². The van der Waals surface area contributed by atoms with Crippen molar-refractivity contribution >= 4 is 10.0 Å². The lowest BCUT2D eigenvalue weighted by Gasteiger charge is -2.21. The fourth-order valence-electron chi connectivity index (χ4n) is 2.49. The van der Waals surface area contributed by atoms with E-state index in [0.29, 0.717) is 18.0 Å². The Labute approximate surface area is 140 Å². The molecule has 2 aromatic rings. The van der Waals surface area contributed by atoms with E-state index >= 15 is 0 Å². The molecule has 128 valence electrons. The van der Waals surface area contributed by atoms with E-state index in [1.165, 1.54) is 18.2 Å². The number of benzene rings is 1. The number of nitrogens with zero attached hydrogens (tertiary/aromatic N) is 2. The van der Waals surface area contributed by atoms with Crippen LogP contribution in [-0.4, -0.2) is 25.0 Å². The highest BCUT2D eigenvalue weighted by Gasteiger charge is 2.20. The van der Waals surface area contributed by atoms with Crippen molar-refractivity contribution in [2.45, 2.75) is 36.8 Å². The molecule has 1 saturated heterocycles. The SMILES string of the molecule is O=S(=O)(NCc1cnc([C@@H]2CCCCO2)nc1)c1ccccc1F. The van der Waals surface area contributed by atoms with Crippen LogP contribution in [0.25, 0.3) is 0 Å². The summed E-state index contributed by atoms with van der Waals surface area (Å²) in [4.78, 5) is 8.12. The van der Waals surface area contributed by atoms with Gasteiger partial charge in [0.05, 0.1) is 0 Å². The van der Waals surface area contributed by atoms with Crippen molar-refractivity contribution in [1.82, 2.24) is 14.7 Å². The molecule has 0 saturated carbocycles. The molecular formula is C16H18FN3O3S. The summed E-state index contributed by atoms with van der Waals surface area (Å²) in [5, 5.41) is 0. The largest absolute Gasteiger partial charge is 0.370 e. The van der Waals surface area contributed by atoms with Gasteiger partial charge in [0.15, 0.2) is 5.82 Å². The van der Waals surface area contributed by atoms with E-state index in [1.807, 2.05) is 0 Å². The van der Waals surface area contributed by atoms with Crippen LogP contribution in [0.5, 0.6) is 0 Å². The second kappa shape index (κ2) is 7.33. The summed E-state index contributed by atoms with van der Waals surface area (Å²) >= 11 is 0. The standard InChI is InChI=1S/C16H18FN3O3S/c17-13-5-1-2-7-15(13)24(21,22)20-11-12-9-18-16(19-10-12)14-6-3-4-8-23-14/h1-2,5,7,9-10,14,20H,3-4,6,8,11H2/t14-/m0/s1. The number of hydrogen-bond acceptors (Lipinski definition) is 5. The summed E-state index contributed by atoms with van der Waals surface area (Å²) in [7, 11) is -3.92. The molecule has 1 fully saturated rings. The van der Waals surface area contributed by atoms with E-state index in [-0.39, 0.29) is 17.5 Å². The molecule has 1 aromatic carbocycles. The Morgan fingerprint density at radius 2 is 1.96 bits per heavy atom. The third-order valence-electron chi connectivity index (χ3n) is 3.79. The number of aromatic nitrogens is 2. The van der Waals surface area contributed by atoms with Crippen molar-refractivity contribution in [3.8, 4) is 0 Å². The number of nitrogens with one attached hydrogen (secondary N) is 1. The molecular weight excluding hydrogens is 333 g/mol. The first-order valence-electron chi connectivity index (χ1n) is 7.73. The fraction of sp³-hybridized carbons (Fsp3) is 0.375. The van der Waals surface area contributed by atoms with Crippen molar-refractivity contribution in [2.24, 2.45) is 0 Å². The lowest BCUT2D eigenvalue weighted by Crippen LogP contribution is -2.24. The van der Waals surface area contributed by atoms with Crippen LogP contribution in [0.1, 0.15) is 36.8 Å². The van der Waals surface area contributed by atoms with Crippen LogP contribution in [0.4, 0.5) is 4.39 Å². The van der Waals surface area contributed by atoms with Crippen LogP contribution in [0.3, 0.4) is 0 Å². The molecule has 0 aliphatic carbocycles. The van der Waals surface area contributed by atoms with E-state index in [2.05, 4.69) is 14.7 Å². The topological polar surface area (TPSA) is 81.2 Å². The number of rotatable bonds is 5. The molecule has 0 spiro atoms. The molecule has 2 heterocycles. The van der Waals surface area contributed by atoms with Gasteiger partial charge in [-0.15, -0.1) is 0 Å². The zero-order valence-corrected chi connectivity index (χ0v) is 13.8. The van der Waals surface area contributed by atoms with Gasteiger partial charge in [0.25, 0.3) is 0 Å². The lowest BCUT2D eigenvalue weighted by atomic mass is 10.1. The first kappa shape index (κ1) is 16.9. The van der Waals surface area contributed by atoms with Gasteiger partial charge < -0.3 is 4.74 Å². The lowest BCUT2D eigenvalue weighted by molar-refractivity contribution is 0.00940. The van der Waals surface area contributed by atoms with Crippen molar-refractivity contribution in [2.75, 3.05) is 6.61 Å². The van der Waals surface area contributed by atoms with Crippen LogP contribution >= 0.6 is 0 Å². The Morgan fingerprint density at radius 3 is 2.62 bits per heavy atom. The average Bonchev–Trinajstić information content (AvgIpc) is 2.61. The number of ether oxygens (including phenoxy) is 1. The van der Waals surface area contributed by atoms with E-state index < -0.39 is 15.8 Å². The summed E-state index contributed by atoms with van der Waals surface area (Å²) < 4.78 is 45.8. The Morgan fingerprint density at radius 1 is 1.21 bits per heavy atom. The molecule has 1 aromatic heterocycles. The maximum Gasteiger partial charge on any atom is 0.243 e. The van der Waals surface area contributed by atoms with E-state index in [0.717, 1.165) is 25.3 Å². The maximum absolute atomic E-state index is 13.6. The van der Waals surface area contributed by atoms with Crippen molar-refractivity contribution in [3.05, 3.63) is 53.9 Å². The summed E-state index contributed by atoms with van der Waals surface area (Å²) in [5.41, 5.74) is 0.592. The summed E-state index contributed by atoms with van der Waals surface area (Å²) in [6, 6.07) is 5.24. The molecule has 0 radical (unpaired) electrons. The van der Waals surface area contributed by atoms with Gasteiger partial charge in [-0.25, -0.2) is 27.5 Å². The average molecular weight is 351 g/mol. The predicted molar refractivity (Wildman–Crippen MR) is 85.0 cm³/mol. The molecule has 1 aliphatic rings. The first-order chi connectivity index (χ1) is 11.6. The van der Waals surface area contributed by atoms with Crippen LogP contribution in [0.2, 0.25) is 0 Å². The predicted octanol–water partition coefficient (Wildman–Crippen LogP) is 2.34. The molecule has 6 nitrogen and oxygen atoms in total. The molecule has 24 heavy (non-hydrogen) atoms. The van der Waals surface area contributed by atoms with E-state index in [1.54, 1.807) is 12.4 Å². The molecule has 8 heteroatoms. The van der Waals surface area contributed by atoms with Crippen molar-refractivity contribution in [1.29, 1.82) is 0 Å². The second-order valence-electron chi connectivity index (χ2n) is 5.56. The van der Waals surface area contributed by atoms with Gasteiger partial charge in [-0.2, -0.15) is 0 Å². The zero-order chi connectivity index (χ0) is 17.0. The monoisotopic (exact) mass is 351 g/mol. The smallest absolute Gasteiger partial charge is 0.243 e. The highest BCUT2D eigenvalue weighted by molar-refractivity contribution is 7.89. The Bertz CT molecular complexity index is 790. The maximum atomic E-state index is 13.6. The van der Waals surface area contributed by atoms with Crippen LogP contribution in [0, 0.1) is 5.82 Å². The molecule has 3 rings (SSSR count). The van der Waals surface area contributed by atoms with Gasteiger partial charge in [0, 0.05) is 31.1 Å². The molecule has 0 bridgehead atoms. The summed E-state index contributed by atoms with van der Waals surface area (Å²) in [5.74, 6) is -0.179. The van der Waals surface area contributed by atoms with Gasteiger partial charge in [0.1, 0.15) is 16.8 Å². The van der Waals surface area contributed by atoms with Crippen LogP contribution in [0.15, 0.2) is 41.6 Å². The zero-order valence-electron chi connectivity index (χ0n) is 13.0. The van der Waals surface area contributed by atoms with Crippen LogP contribution < -0.4 is 4.72 Å². The molecule has 1 atom stereocenters.